The van der Waals surface area contributed by atoms with E-state index in [9.17, 15) is 14.9 Å². The molecule has 0 saturated carbocycles. The van der Waals surface area contributed by atoms with Crippen molar-refractivity contribution in [1.29, 1.82) is 0 Å². The Morgan fingerprint density at radius 3 is 2.30 bits per heavy atom. The molecule has 0 aliphatic carbocycles. The van der Waals surface area contributed by atoms with E-state index in [0.29, 0.717) is 11.1 Å². The van der Waals surface area contributed by atoms with Gasteiger partial charge in [-0.1, -0.05) is 66.7 Å². The van der Waals surface area contributed by atoms with E-state index in [-0.39, 0.29) is 17.3 Å². The monoisotopic (exact) mass is 396 g/mol. The minimum atomic E-state index is -0.541. The largest absolute Gasteiger partial charge is 0.402 e. The van der Waals surface area contributed by atoms with Crippen LogP contribution >= 0.6 is 0 Å². The normalized spacial score (nSPS) is 14.7. The van der Waals surface area contributed by atoms with Crippen molar-refractivity contribution in [2.24, 2.45) is 4.99 Å². The van der Waals surface area contributed by atoms with Crippen molar-refractivity contribution in [3.8, 4) is 11.1 Å². The lowest BCUT2D eigenvalue weighted by Gasteiger charge is -2.03. The van der Waals surface area contributed by atoms with Gasteiger partial charge in [-0.2, -0.15) is 0 Å². The van der Waals surface area contributed by atoms with Crippen molar-refractivity contribution in [2.45, 2.75) is 0 Å². The molecule has 0 spiro atoms. The molecule has 6 heteroatoms. The minimum Gasteiger partial charge on any atom is -0.402 e. The number of nitro groups is 1. The lowest BCUT2D eigenvalue weighted by Crippen LogP contribution is -2.05. The zero-order valence-corrected chi connectivity index (χ0v) is 15.8. The number of carbonyl (C=O) groups excluding carboxylic acids is 1. The van der Waals surface area contributed by atoms with Gasteiger partial charge in [0.25, 0.3) is 5.69 Å². The Bertz CT molecular complexity index is 1190. The molecule has 6 nitrogen and oxygen atoms in total. The Labute approximate surface area is 172 Å². The molecule has 0 N–H and O–H groups in total. The molecule has 0 saturated heterocycles. The quantitative estimate of drug-likeness (QED) is 0.258. The predicted molar refractivity (Wildman–Crippen MR) is 115 cm³/mol. The van der Waals surface area contributed by atoms with Crippen LogP contribution in [0.2, 0.25) is 0 Å². The molecule has 146 valence electrons. The number of carbonyl (C=O) groups is 1. The molecule has 0 radical (unpaired) electrons. The lowest BCUT2D eigenvalue weighted by molar-refractivity contribution is -0.384. The van der Waals surface area contributed by atoms with E-state index in [2.05, 4.69) is 4.99 Å². The number of ether oxygens (including phenoxy) is 1. The van der Waals surface area contributed by atoms with E-state index in [1.807, 2.05) is 54.6 Å². The Kier molecular flexibility index (Phi) is 5.30. The summed E-state index contributed by atoms with van der Waals surface area (Å²) < 4.78 is 5.28. The van der Waals surface area contributed by atoms with Crippen molar-refractivity contribution < 1.29 is 14.5 Å². The molecule has 30 heavy (non-hydrogen) atoms. The first kappa shape index (κ1) is 19.0. The maximum Gasteiger partial charge on any atom is 0.363 e. The van der Waals surface area contributed by atoms with Crippen molar-refractivity contribution >= 4 is 23.6 Å². The number of benzene rings is 3. The smallest absolute Gasteiger partial charge is 0.363 e. The fraction of sp³-hybridized carbons (Fsp3) is 0. The Balaban J connectivity index is 1.51. The number of allylic oxidation sites excluding steroid dienone is 2. The van der Waals surface area contributed by atoms with Crippen LogP contribution in [0.15, 0.2) is 102 Å². The second-order valence-corrected chi connectivity index (χ2v) is 6.51. The van der Waals surface area contributed by atoms with Gasteiger partial charge in [-0.3, -0.25) is 10.1 Å². The van der Waals surface area contributed by atoms with Gasteiger partial charge in [0.2, 0.25) is 5.90 Å². The zero-order chi connectivity index (χ0) is 20.9. The standard InChI is InChI=1S/C24H16N2O4/c27-24-22(11-5-7-17-6-4-10-21(16-17)26(28)29)25-23(30-24)20-14-12-19(13-15-20)18-8-2-1-3-9-18/h1-16H/b7-5+,22-11-. The summed E-state index contributed by atoms with van der Waals surface area (Å²) >= 11 is 0. The summed E-state index contributed by atoms with van der Waals surface area (Å²) in [6, 6.07) is 23.8. The SMILES string of the molecule is O=C1OC(c2ccc(-c3ccccc3)cc2)=N/C1=C\C=C\c1cccc([N+](=O)[O-])c1. The molecule has 0 fully saturated rings. The van der Waals surface area contributed by atoms with Gasteiger partial charge in [-0.05, 0) is 34.9 Å². The minimum absolute atomic E-state index is 0.00401. The molecule has 3 aromatic rings. The summed E-state index contributed by atoms with van der Waals surface area (Å²) in [7, 11) is 0. The number of hydrogen-bond acceptors (Lipinski definition) is 5. The van der Waals surface area contributed by atoms with Crippen LogP contribution in [0.3, 0.4) is 0 Å². The summed E-state index contributed by atoms with van der Waals surface area (Å²) in [5, 5.41) is 10.8. The van der Waals surface area contributed by atoms with Crippen LogP contribution in [0.1, 0.15) is 11.1 Å². The van der Waals surface area contributed by atoms with Crippen LogP contribution in [0.5, 0.6) is 0 Å². The molecule has 1 aliphatic rings. The third kappa shape index (κ3) is 4.23. The van der Waals surface area contributed by atoms with Crippen molar-refractivity contribution in [1.82, 2.24) is 0 Å². The van der Waals surface area contributed by atoms with Gasteiger partial charge >= 0.3 is 5.97 Å². The highest BCUT2D eigenvalue weighted by Gasteiger charge is 2.23. The number of esters is 1. The number of nitro benzene ring substituents is 1. The molecule has 1 aliphatic heterocycles. The Hall–Kier alpha value is -4.32. The van der Waals surface area contributed by atoms with Crippen LogP contribution in [0.25, 0.3) is 17.2 Å². The summed E-state index contributed by atoms with van der Waals surface area (Å²) in [5.41, 5.74) is 3.67. The lowest BCUT2D eigenvalue weighted by atomic mass is 10.0. The van der Waals surface area contributed by atoms with E-state index in [1.165, 1.54) is 18.2 Å². The summed E-state index contributed by atoms with van der Waals surface area (Å²) in [6.45, 7) is 0. The first-order valence-electron chi connectivity index (χ1n) is 9.20. The average molecular weight is 396 g/mol. The number of hydrogen-bond donors (Lipinski definition) is 0. The third-order valence-electron chi connectivity index (χ3n) is 4.48. The first-order valence-corrected chi connectivity index (χ1v) is 9.20. The van der Waals surface area contributed by atoms with Crippen LogP contribution in [0.4, 0.5) is 5.69 Å². The number of non-ortho nitro benzene ring substituents is 1. The molecule has 3 aromatic carbocycles. The van der Waals surface area contributed by atoms with E-state index >= 15 is 0 Å². The summed E-state index contributed by atoms with van der Waals surface area (Å²) in [4.78, 5) is 26.8. The predicted octanol–water partition coefficient (Wildman–Crippen LogP) is 5.16. The van der Waals surface area contributed by atoms with E-state index in [0.717, 1.165) is 11.1 Å². The average Bonchev–Trinajstić information content (AvgIpc) is 3.15. The van der Waals surface area contributed by atoms with Crippen LogP contribution in [-0.2, 0) is 9.53 Å². The Morgan fingerprint density at radius 1 is 0.867 bits per heavy atom. The van der Waals surface area contributed by atoms with Gasteiger partial charge in [0, 0.05) is 17.7 Å². The number of nitrogens with zero attached hydrogens (tertiary/aromatic N) is 2. The number of rotatable bonds is 5. The van der Waals surface area contributed by atoms with Crippen LogP contribution < -0.4 is 0 Å². The number of aliphatic imine (C=N–C) groups is 1. The van der Waals surface area contributed by atoms with E-state index in [4.69, 9.17) is 4.74 Å². The molecule has 0 unspecified atom stereocenters. The van der Waals surface area contributed by atoms with Gasteiger partial charge < -0.3 is 4.74 Å². The van der Waals surface area contributed by atoms with Gasteiger partial charge in [-0.25, -0.2) is 9.79 Å². The first-order chi connectivity index (χ1) is 14.6. The third-order valence-corrected chi connectivity index (χ3v) is 4.48. The summed E-state index contributed by atoms with van der Waals surface area (Å²) in [6.07, 6.45) is 4.79. The molecule has 4 rings (SSSR count). The highest BCUT2D eigenvalue weighted by atomic mass is 16.6. The highest BCUT2D eigenvalue weighted by molar-refractivity contribution is 6.11. The van der Waals surface area contributed by atoms with Crippen LogP contribution in [0, 0.1) is 10.1 Å². The molecule has 0 atom stereocenters. The molecular formula is C24H16N2O4. The van der Waals surface area contributed by atoms with Crippen molar-refractivity contribution in [3.05, 3.63) is 118 Å². The van der Waals surface area contributed by atoms with E-state index in [1.54, 1.807) is 24.3 Å². The van der Waals surface area contributed by atoms with Crippen molar-refractivity contribution in [3.63, 3.8) is 0 Å². The summed E-state index contributed by atoms with van der Waals surface area (Å²) in [5.74, 6) is -0.296. The second-order valence-electron chi connectivity index (χ2n) is 6.51. The molecule has 0 aromatic heterocycles. The van der Waals surface area contributed by atoms with Crippen molar-refractivity contribution in [2.75, 3.05) is 0 Å². The van der Waals surface area contributed by atoms with Crippen LogP contribution in [-0.4, -0.2) is 16.8 Å². The molecule has 0 bridgehead atoms. The van der Waals surface area contributed by atoms with Gasteiger partial charge in [0.05, 0.1) is 4.92 Å². The maximum absolute atomic E-state index is 12.1. The maximum atomic E-state index is 12.1. The Morgan fingerprint density at radius 2 is 1.57 bits per heavy atom. The molecule has 1 heterocycles. The van der Waals surface area contributed by atoms with Gasteiger partial charge in [0.15, 0.2) is 5.70 Å². The van der Waals surface area contributed by atoms with Gasteiger partial charge in [0.1, 0.15) is 0 Å². The highest BCUT2D eigenvalue weighted by Crippen LogP contribution is 2.22. The topological polar surface area (TPSA) is 81.8 Å². The zero-order valence-electron chi connectivity index (χ0n) is 15.8. The van der Waals surface area contributed by atoms with Gasteiger partial charge in [-0.15, -0.1) is 0 Å². The molecule has 0 amide bonds. The fourth-order valence-corrected chi connectivity index (χ4v) is 2.97. The van der Waals surface area contributed by atoms with E-state index < -0.39 is 10.9 Å². The number of cyclic esters (lactones) is 1. The molecular weight excluding hydrogens is 380 g/mol. The fourth-order valence-electron chi connectivity index (χ4n) is 2.97. The second kappa shape index (κ2) is 8.36.